The average Bonchev–Trinajstić information content (AvgIpc) is 2.39. The van der Waals surface area contributed by atoms with Gasteiger partial charge in [0, 0.05) is 23.5 Å². The van der Waals surface area contributed by atoms with Crippen molar-refractivity contribution in [3.63, 3.8) is 0 Å². The molecule has 0 saturated heterocycles. The molecule has 0 fully saturated rings. The Morgan fingerprint density at radius 3 is 2.84 bits per heavy atom. The number of aromatic nitrogens is 1. The maximum Gasteiger partial charge on any atom is 0.0408 e. The number of pyridine rings is 1. The second-order valence-corrected chi connectivity index (χ2v) is 5.11. The number of nitrogens with one attached hydrogen (secondary N) is 1. The highest BCUT2D eigenvalue weighted by molar-refractivity contribution is 6.30. The highest BCUT2D eigenvalue weighted by Gasteiger charge is 2.13. The standard InChI is InChI=1S/C16H19ClN2/c1-3-19-16(15-7-8-18-11-12(15)2)10-13-5-4-6-14(17)9-13/h4-9,11,16,19H,3,10H2,1-2H3. The molecule has 19 heavy (non-hydrogen) atoms. The smallest absolute Gasteiger partial charge is 0.0408 e. The van der Waals surface area contributed by atoms with Crippen LogP contribution in [0.15, 0.2) is 42.7 Å². The summed E-state index contributed by atoms with van der Waals surface area (Å²) in [5.41, 5.74) is 3.77. The molecule has 2 rings (SSSR count). The van der Waals surface area contributed by atoms with Crippen molar-refractivity contribution in [2.24, 2.45) is 0 Å². The third kappa shape index (κ3) is 3.79. The average molecular weight is 275 g/mol. The highest BCUT2D eigenvalue weighted by Crippen LogP contribution is 2.22. The second kappa shape index (κ2) is 6.69. The van der Waals surface area contributed by atoms with E-state index in [9.17, 15) is 0 Å². The van der Waals surface area contributed by atoms with Crippen molar-refractivity contribution in [1.82, 2.24) is 10.3 Å². The summed E-state index contributed by atoms with van der Waals surface area (Å²) < 4.78 is 0. The molecule has 0 aliphatic carbocycles. The van der Waals surface area contributed by atoms with Gasteiger partial charge in [-0.1, -0.05) is 30.7 Å². The van der Waals surface area contributed by atoms with E-state index < -0.39 is 0 Å². The van der Waals surface area contributed by atoms with E-state index in [4.69, 9.17) is 11.6 Å². The molecule has 1 unspecified atom stereocenters. The molecule has 0 saturated carbocycles. The van der Waals surface area contributed by atoms with Crippen LogP contribution >= 0.6 is 11.6 Å². The Morgan fingerprint density at radius 1 is 1.32 bits per heavy atom. The van der Waals surface area contributed by atoms with Gasteiger partial charge in [-0.05, 0) is 54.8 Å². The summed E-state index contributed by atoms with van der Waals surface area (Å²) in [6.45, 7) is 5.17. The van der Waals surface area contributed by atoms with Gasteiger partial charge < -0.3 is 5.32 Å². The topological polar surface area (TPSA) is 24.9 Å². The molecule has 1 atom stereocenters. The van der Waals surface area contributed by atoms with Crippen LogP contribution in [0.1, 0.15) is 29.7 Å². The zero-order valence-corrected chi connectivity index (χ0v) is 12.1. The first kappa shape index (κ1) is 14.0. The van der Waals surface area contributed by atoms with Crippen LogP contribution in [0.25, 0.3) is 0 Å². The van der Waals surface area contributed by atoms with Gasteiger partial charge in [0.1, 0.15) is 0 Å². The molecule has 0 radical (unpaired) electrons. The number of benzene rings is 1. The number of hydrogen-bond acceptors (Lipinski definition) is 2. The first-order chi connectivity index (χ1) is 9.20. The highest BCUT2D eigenvalue weighted by atomic mass is 35.5. The summed E-state index contributed by atoms with van der Waals surface area (Å²) in [4.78, 5) is 4.16. The molecule has 0 aliphatic rings. The third-order valence-electron chi connectivity index (χ3n) is 3.22. The van der Waals surface area contributed by atoms with Gasteiger partial charge in [-0.2, -0.15) is 0 Å². The van der Waals surface area contributed by atoms with E-state index in [0.29, 0.717) is 6.04 Å². The lowest BCUT2D eigenvalue weighted by Crippen LogP contribution is -2.23. The lowest BCUT2D eigenvalue weighted by atomic mass is 9.96. The SMILES string of the molecule is CCNC(Cc1cccc(Cl)c1)c1ccncc1C. The summed E-state index contributed by atoms with van der Waals surface area (Å²) in [5.74, 6) is 0. The van der Waals surface area contributed by atoms with Gasteiger partial charge in [0.25, 0.3) is 0 Å². The minimum Gasteiger partial charge on any atom is -0.310 e. The summed E-state index contributed by atoms with van der Waals surface area (Å²) in [7, 11) is 0. The fourth-order valence-corrected chi connectivity index (χ4v) is 2.53. The van der Waals surface area contributed by atoms with E-state index in [1.807, 2.05) is 30.6 Å². The molecule has 0 amide bonds. The van der Waals surface area contributed by atoms with Crippen LogP contribution < -0.4 is 5.32 Å². The summed E-state index contributed by atoms with van der Waals surface area (Å²) in [6.07, 6.45) is 4.70. The van der Waals surface area contributed by atoms with Crippen LogP contribution in [0.3, 0.4) is 0 Å². The first-order valence-electron chi connectivity index (χ1n) is 6.59. The fourth-order valence-electron chi connectivity index (χ4n) is 2.31. The minimum absolute atomic E-state index is 0.298. The quantitative estimate of drug-likeness (QED) is 0.893. The van der Waals surface area contributed by atoms with Crippen molar-refractivity contribution < 1.29 is 0 Å². The number of halogens is 1. The van der Waals surface area contributed by atoms with Crippen LogP contribution in [-0.2, 0) is 6.42 Å². The zero-order chi connectivity index (χ0) is 13.7. The summed E-state index contributed by atoms with van der Waals surface area (Å²) in [6, 6.07) is 10.4. The molecular weight excluding hydrogens is 256 g/mol. The Bertz CT molecular complexity index is 540. The molecular formula is C16H19ClN2. The number of hydrogen-bond donors (Lipinski definition) is 1. The Labute approximate surface area is 119 Å². The van der Waals surface area contributed by atoms with Crippen LogP contribution in [0.2, 0.25) is 5.02 Å². The van der Waals surface area contributed by atoms with E-state index in [-0.39, 0.29) is 0 Å². The molecule has 1 N–H and O–H groups in total. The van der Waals surface area contributed by atoms with Crippen LogP contribution in [0.4, 0.5) is 0 Å². The normalized spacial score (nSPS) is 12.4. The van der Waals surface area contributed by atoms with Gasteiger partial charge in [0.2, 0.25) is 0 Å². The van der Waals surface area contributed by atoms with Crippen LogP contribution in [0, 0.1) is 6.92 Å². The monoisotopic (exact) mass is 274 g/mol. The second-order valence-electron chi connectivity index (χ2n) is 4.68. The minimum atomic E-state index is 0.298. The van der Waals surface area contributed by atoms with Crippen molar-refractivity contribution in [1.29, 1.82) is 0 Å². The number of rotatable bonds is 5. The van der Waals surface area contributed by atoms with Crippen molar-refractivity contribution in [3.8, 4) is 0 Å². The molecule has 1 heterocycles. The van der Waals surface area contributed by atoms with Crippen molar-refractivity contribution in [3.05, 3.63) is 64.4 Å². The van der Waals surface area contributed by atoms with Crippen LogP contribution in [0.5, 0.6) is 0 Å². The lowest BCUT2D eigenvalue weighted by Gasteiger charge is -2.20. The number of aryl methyl sites for hydroxylation is 1. The Morgan fingerprint density at radius 2 is 2.16 bits per heavy atom. The molecule has 0 aliphatic heterocycles. The molecule has 2 aromatic rings. The maximum atomic E-state index is 6.05. The third-order valence-corrected chi connectivity index (χ3v) is 3.45. The maximum absolute atomic E-state index is 6.05. The molecule has 1 aromatic heterocycles. The molecule has 0 spiro atoms. The van der Waals surface area contributed by atoms with Gasteiger partial charge in [-0.3, -0.25) is 4.98 Å². The van der Waals surface area contributed by atoms with Gasteiger partial charge in [0.05, 0.1) is 0 Å². The largest absolute Gasteiger partial charge is 0.310 e. The molecule has 100 valence electrons. The van der Waals surface area contributed by atoms with Crippen molar-refractivity contribution in [2.45, 2.75) is 26.3 Å². The van der Waals surface area contributed by atoms with Crippen molar-refractivity contribution >= 4 is 11.6 Å². The molecule has 3 heteroatoms. The lowest BCUT2D eigenvalue weighted by molar-refractivity contribution is 0.547. The van der Waals surface area contributed by atoms with Crippen LogP contribution in [-0.4, -0.2) is 11.5 Å². The Balaban J connectivity index is 2.24. The molecule has 0 bridgehead atoms. The Hall–Kier alpha value is -1.38. The van der Waals surface area contributed by atoms with E-state index in [1.54, 1.807) is 0 Å². The fraction of sp³-hybridized carbons (Fsp3) is 0.312. The first-order valence-corrected chi connectivity index (χ1v) is 6.97. The summed E-state index contributed by atoms with van der Waals surface area (Å²) in [5, 5.41) is 4.33. The predicted molar refractivity (Wildman–Crippen MR) is 80.5 cm³/mol. The van der Waals surface area contributed by atoms with E-state index in [1.165, 1.54) is 16.7 Å². The zero-order valence-electron chi connectivity index (χ0n) is 11.4. The van der Waals surface area contributed by atoms with Gasteiger partial charge in [-0.25, -0.2) is 0 Å². The van der Waals surface area contributed by atoms with E-state index in [0.717, 1.165) is 18.0 Å². The molecule has 1 aromatic carbocycles. The van der Waals surface area contributed by atoms with Gasteiger partial charge in [0.15, 0.2) is 0 Å². The van der Waals surface area contributed by atoms with E-state index >= 15 is 0 Å². The Kier molecular flexibility index (Phi) is 4.94. The van der Waals surface area contributed by atoms with E-state index in [2.05, 4.69) is 36.3 Å². The number of nitrogens with zero attached hydrogens (tertiary/aromatic N) is 1. The molecule has 2 nitrogen and oxygen atoms in total. The number of likely N-dealkylation sites (N-methyl/N-ethyl adjacent to an activating group) is 1. The summed E-state index contributed by atoms with van der Waals surface area (Å²) >= 11 is 6.05. The van der Waals surface area contributed by atoms with Crippen molar-refractivity contribution in [2.75, 3.05) is 6.54 Å². The van der Waals surface area contributed by atoms with Gasteiger partial charge >= 0.3 is 0 Å². The predicted octanol–water partition coefficient (Wildman–Crippen LogP) is 3.94. The van der Waals surface area contributed by atoms with Gasteiger partial charge in [-0.15, -0.1) is 0 Å².